The van der Waals surface area contributed by atoms with E-state index in [-0.39, 0.29) is 28.2 Å². The number of halogens is 2. The molecule has 164 valence electrons. The van der Waals surface area contributed by atoms with Crippen LogP contribution < -0.4 is 5.43 Å². The molecular weight excluding hydrogens is 442 g/mol. The number of nitrogens with zero attached hydrogens (tertiary/aromatic N) is 4. The van der Waals surface area contributed by atoms with Gasteiger partial charge in [0.2, 0.25) is 5.43 Å². The van der Waals surface area contributed by atoms with Crippen LogP contribution in [-0.2, 0) is 11.2 Å². The van der Waals surface area contributed by atoms with Crippen LogP contribution in [0.2, 0.25) is 0 Å². The Bertz CT molecular complexity index is 1290. The van der Waals surface area contributed by atoms with Gasteiger partial charge >= 0.3 is 0 Å². The quantitative estimate of drug-likeness (QED) is 0.600. The molecule has 11 heteroatoms. The van der Waals surface area contributed by atoms with Crippen molar-refractivity contribution in [1.82, 2.24) is 19.7 Å². The van der Waals surface area contributed by atoms with Gasteiger partial charge in [0.15, 0.2) is 16.5 Å². The van der Waals surface area contributed by atoms with Gasteiger partial charge in [0.25, 0.3) is 5.91 Å². The van der Waals surface area contributed by atoms with E-state index < -0.39 is 28.7 Å². The van der Waals surface area contributed by atoms with E-state index in [2.05, 4.69) is 16.2 Å². The average Bonchev–Trinajstić information content (AvgIpc) is 3.26. The van der Waals surface area contributed by atoms with Gasteiger partial charge in [-0.3, -0.25) is 14.2 Å². The predicted octanol–water partition coefficient (Wildman–Crippen LogP) is 1.85. The number of hydrogen-bond donors (Lipinski definition) is 1. The molecule has 0 spiro atoms. The number of aromatic hydroxyl groups is 1. The summed E-state index contributed by atoms with van der Waals surface area (Å²) < 4.78 is 33.3. The second-order valence-electron chi connectivity index (χ2n) is 6.89. The molecule has 32 heavy (non-hydrogen) atoms. The Morgan fingerprint density at radius 3 is 2.72 bits per heavy atom. The van der Waals surface area contributed by atoms with E-state index in [0.29, 0.717) is 31.3 Å². The predicted molar refractivity (Wildman–Crippen MR) is 111 cm³/mol. The lowest BCUT2D eigenvalue weighted by Crippen LogP contribution is -2.42. The molecule has 0 atom stereocenters. The van der Waals surface area contributed by atoms with Gasteiger partial charge in [-0.2, -0.15) is 0 Å². The van der Waals surface area contributed by atoms with E-state index in [1.54, 1.807) is 0 Å². The molecule has 0 aliphatic carbocycles. The lowest BCUT2D eigenvalue weighted by atomic mass is 10.1. The number of ether oxygens (including phenoxy) is 1. The second kappa shape index (κ2) is 8.86. The summed E-state index contributed by atoms with van der Waals surface area (Å²) in [4.78, 5) is 27.1. The molecule has 3 aromatic rings. The van der Waals surface area contributed by atoms with Crippen LogP contribution in [0.25, 0.3) is 10.6 Å². The molecule has 0 saturated carbocycles. The van der Waals surface area contributed by atoms with Crippen molar-refractivity contribution in [2.75, 3.05) is 26.3 Å². The average molecular weight is 458 g/mol. The maximum Gasteiger partial charge on any atom is 0.275 e. The molecule has 1 aliphatic rings. The fraction of sp³-hybridized carbons (Fsp3) is 0.238. The molecule has 1 aliphatic heterocycles. The van der Waals surface area contributed by atoms with E-state index in [9.17, 15) is 23.5 Å². The number of carbonyl (C=O) groups is 1. The van der Waals surface area contributed by atoms with Crippen LogP contribution >= 0.6 is 11.3 Å². The zero-order valence-corrected chi connectivity index (χ0v) is 17.4. The number of aromatic nitrogens is 3. The van der Waals surface area contributed by atoms with E-state index in [4.69, 9.17) is 11.2 Å². The highest BCUT2D eigenvalue weighted by Gasteiger charge is 2.27. The van der Waals surface area contributed by atoms with Gasteiger partial charge in [0, 0.05) is 37.8 Å². The van der Waals surface area contributed by atoms with Crippen molar-refractivity contribution in [1.29, 1.82) is 0 Å². The molecule has 2 aromatic heterocycles. The van der Waals surface area contributed by atoms with Crippen molar-refractivity contribution in [2.45, 2.75) is 6.42 Å². The SMILES string of the molecule is C#Cn1cc(-c2nnc(Cc3ccc(F)cc3F)s2)c(=O)c(O)c1C(=O)N1CCOCC1. The summed E-state index contributed by atoms with van der Waals surface area (Å²) in [6.07, 6.45) is 6.79. The summed E-state index contributed by atoms with van der Waals surface area (Å²) in [5, 5.41) is 18.9. The molecule has 1 N–H and O–H groups in total. The van der Waals surface area contributed by atoms with Crippen LogP contribution in [0.1, 0.15) is 21.1 Å². The van der Waals surface area contributed by atoms with Gasteiger partial charge in [0.05, 0.1) is 18.8 Å². The fourth-order valence-electron chi connectivity index (χ4n) is 3.24. The van der Waals surface area contributed by atoms with Crippen LogP contribution in [0.15, 0.2) is 29.2 Å². The number of rotatable bonds is 4. The molecular formula is C21H16F2N4O4S. The molecule has 4 rings (SSSR count). The Hall–Kier alpha value is -3.62. The summed E-state index contributed by atoms with van der Waals surface area (Å²) in [5.41, 5.74) is -0.989. The summed E-state index contributed by atoms with van der Waals surface area (Å²) in [7, 11) is 0. The monoisotopic (exact) mass is 458 g/mol. The summed E-state index contributed by atoms with van der Waals surface area (Å²) in [6.45, 7) is 1.29. The van der Waals surface area contributed by atoms with Crippen molar-refractivity contribution in [3.05, 3.63) is 62.5 Å². The van der Waals surface area contributed by atoms with E-state index in [1.165, 1.54) is 17.2 Å². The van der Waals surface area contributed by atoms with Crippen molar-refractivity contribution in [2.24, 2.45) is 0 Å². The minimum atomic E-state index is -0.830. The first-order valence-corrected chi connectivity index (χ1v) is 10.3. The Balaban J connectivity index is 1.68. The first kappa shape index (κ1) is 21.6. The van der Waals surface area contributed by atoms with E-state index in [1.807, 2.05) is 0 Å². The summed E-state index contributed by atoms with van der Waals surface area (Å²) in [6, 6.07) is 5.47. The topological polar surface area (TPSA) is 97.6 Å². The Morgan fingerprint density at radius 2 is 2.03 bits per heavy atom. The standard InChI is InChI=1S/C21H16F2N4O4S/c1-2-26-11-14(18(28)19(29)17(26)21(30)27-5-7-31-8-6-27)20-25-24-16(32-20)9-12-3-4-13(22)10-15(12)23/h1,3-4,10-11,29H,5-9H2. The highest BCUT2D eigenvalue weighted by Crippen LogP contribution is 2.26. The number of carbonyl (C=O) groups excluding carboxylic acids is 1. The first-order chi connectivity index (χ1) is 15.4. The molecule has 3 heterocycles. The van der Waals surface area contributed by atoms with Gasteiger partial charge in [0.1, 0.15) is 16.6 Å². The number of pyridine rings is 1. The van der Waals surface area contributed by atoms with Crippen LogP contribution in [0, 0.1) is 24.1 Å². The molecule has 0 radical (unpaired) electrons. The van der Waals surface area contributed by atoms with Crippen LogP contribution in [0.5, 0.6) is 5.75 Å². The van der Waals surface area contributed by atoms with Crippen LogP contribution in [-0.4, -0.2) is 57.0 Å². The van der Waals surface area contributed by atoms with Gasteiger partial charge < -0.3 is 14.7 Å². The van der Waals surface area contributed by atoms with E-state index in [0.717, 1.165) is 28.0 Å². The van der Waals surface area contributed by atoms with Crippen molar-refractivity contribution in [3.8, 4) is 28.8 Å². The molecule has 1 aromatic carbocycles. The maximum atomic E-state index is 13.9. The highest BCUT2D eigenvalue weighted by atomic mass is 32.1. The molecule has 0 bridgehead atoms. The Morgan fingerprint density at radius 1 is 1.28 bits per heavy atom. The lowest BCUT2D eigenvalue weighted by Gasteiger charge is -2.27. The van der Waals surface area contributed by atoms with Crippen molar-refractivity contribution < 1.29 is 23.4 Å². The molecule has 8 nitrogen and oxygen atoms in total. The third-order valence-corrected chi connectivity index (χ3v) is 5.83. The molecule has 1 fully saturated rings. The number of morpholine rings is 1. The van der Waals surface area contributed by atoms with Gasteiger partial charge in [-0.05, 0) is 11.6 Å². The Labute approximate surface area is 184 Å². The zero-order valence-electron chi connectivity index (χ0n) is 16.5. The lowest BCUT2D eigenvalue weighted by molar-refractivity contribution is 0.0295. The third kappa shape index (κ3) is 4.10. The van der Waals surface area contributed by atoms with Crippen molar-refractivity contribution >= 4 is 17.2 Å². The number of amides is 1. The zero-order chi connectivity index (χ0) is 22.8. The number of hydrogen-bond acceptors (Lipinski definition) is 7. The molecule has 0 unspecified atom stereocenters. The highest BCUT2D eigenvalue weighted by molar-refractivity contribution is 7.14. The van der Waals surface area contributed by atoms with Crippen LogP contribution in [0.4, 0.5) is 8.78 Å². The molecule has 1 amide bonds. The minimum Gasteiger partial charge on any atom is -0.502 e. The fourth-order valence-corrected chi connectivity index (χ4v) is 4.11. The van der Waals surface area contributed by atoms with Crippen LogP contribution in [0.3, 0.4) is 0 Å². The molecule has 1 saturated heterocycles. The van der Waals surface area contributed by atoms with Crippen molar-refractivity contribution in [3.63, 3.8) is 0 Å². The third-order valence-electron chi connectivity index (χ3n) is 4.88. The Kier molecular flexibility index (Phi) is 5.98. The first-order valence-electron chi connectivity index (χ1n) is 9.48. The number of terminal acetylenes is 1. The van der Waals surface area contributed by atoms with Gasteiger partial charge in [-0.15, -0.1) is 10.2 Å². The maximum absolute atomic E-state index is 13.9. The normalized spacial score (nSPS) is 13.7. The van der Waals surface area contributed by atoms with Gasteiger partial charge in [-0.25, -0.2) is 8.78 Å². The largest absolute Gasteiger partial charge is 0.502 e. The van der Waals surface area contributed by atoms with Gasteiger partial charge in [-0.1, -0.05) is 23.8 Å². The van der Waals surface area contributed by atoms with E-state index >= 15 is 0 Å². The summed E-state index contributed by atoms with van der Waals surface area (Å²) >= 11 is 0.991. The summed E-state index contributed by atoms with van der Waals surface area (Å²) in [5.74, 6) is -2.79. The second-order valence-corrected chi connectivity index (χ2v) is 7.95. The smallest absolute Gasteiger partial charge is 0.275 e. The minimum absolute atomic E-state index is 0.0344. The number of benzene rings is 1.